The third-order valence-electron chi connectivity index (χ3n) is 3.48. The van der Waals surface area contributed by atoms with Crippen LogP contribution in [0.1, 0.15) is 16.1 Å². The molecule has 0 spiro atoms. The molecule has 3 rings (SSSR count). The van der Waals surface area contributed by atoms with Crippen molar-refractivity contribution in [3.8, 4) is 11.1 Å². The Morgan fingerprint density at radius 1 is 1.17 bits per heavy atom. The molecule has 0 bridgehead atoms. The van der Waals surface area contributed by atoms with E-state index < -0.39 is 0 Å². The first kappa shape index (κ1) is 14.8. The van der Waals surface area contributed by atoms with E-state index in [0.29, 0.717) is 17.1 Å². The Kier molecular flexibility index (Phi) is 3.80. The van der Waals surface area contributed by atoms with Gasteiger partial charge in [-0.1, -0.05) is 12.1 Å². The molecule has 0 aliphatic rings. The van der Waals surface area contributed by atoms with Gasteiger partial charge < -0.3 is 11.1 Å². The molecule has 2 heterocycles. The van der Waals surface area contributed by atoms with Crippen LogP contribution in [0.5, 0.6) is 0 Å². The predicted octanol–water partition coefficient (Wildman–Crippen LogP) is 2.63. The molecular formula is C17H17N5O. The number of aryl methyl sites for hydroxylation is 2. The predicted molar refractivity (Wildman–Crippen MR) is 90.0 cm³/mol. The van der Waals surface area contributed by atoms with Crippen molar-refractivity contribution in [2.24, 2.45) is 7.05 Å². The van der Waals surface area contributed by atoms with Crippen LogP contribution < -0.4 is 11.1 Å². The lowest BCUT2D eigenvalue weighted by atomic mass is 10.1. The van der Waals surface area contributed by atoms with Crippen molar-refractivity contribution in [1.29, 1.82) is 0 Å². The summed E-state index contributed by atoms with van der Waals surface area (Å²) in [5.74, 6) is -0.292. The van der Waals surface area contributed by atoms with E-state index in [2.05, 4.69) is 15.4 Å². The van der Waals surface area contributed by atoms with E-state index in [1.807, 2.05) is 38.4 Å². The van der Waals surface area contributed by atoms with Crippen LogP contribution in [0, 0.1) is 6.92 Å². The van der Waals surface area contributed by atoms with Crippen molar-refractivity contribution >= 4 is 17.3 Å². The van der Waals surface area contributed by atoms with Gasteiger partial charge >= 0.3 is 0 Å². The molecular weight excluding hydrogens is 290 g/mol. The summed E-state index contributed by atoms with van der Waals surface area (Å²) in [4.78, 5) is 16.4. The topological polar surface area (TPSA) is 85.8 Å². The summed E-state index contributed by atoms with van der Waals surface area (Å²) < 4.78 is 1.72. The van der Waals surface area contributed by atoms with Crippen LogP contribution in [-0.2, 0) is 7.05 Å². The molecule has 0 aliphatic heterocycles. The van der Waals surface area contributed by atoms with Gasteiger partial charge in [0.15, 0.2) is 0 Å². The van der Waals surface area contributed by atoms with Gasteiger partial charge in [0.25, 0.3) is 5.91 Å². The average Bonchev–Trinajstić information content (AvgIpc) is 2.96. The molecule has 0 atom stereocenters. The molecule has 1 aromatic carbocycles. The van der Waals surface area contributed by atoms with Crippen molar-refractivity contribution in [3.05, 3.63) is 60.2 Å². The zero-order valence-electron chi connectivity index (χ0n) is 12.9. The normalized spacial score (nSPS) is 10.5. The second-order valence-electron chi connectivity index (χ2n) is 5.38. The van der Waals surface area contributed by atoms with Crippen LogP contribution in [0.15, 0.2) is 48.9 Å². The molecule has 116 valence electrons. The first-order chi connectivity index (χ1) is 11.0. The number of carbonyl (C=O) groups excluding carboxylic acids is 1. The maximum atomic E-state index is 12.3. The Morgan fingerprint density at radius 2 is 2.00 bits per heavy atom. The van der Waals surface area contributed by atoms with Crippen molar-refractivity contribution < 1.29 is 4.79 Å². The monoisotopic (exact) mass is 307 g/mol. The molecule has 23 heavy (non-hydrogen) atoms. The van der Waals surface area contributed by atoms with Gasteiger partial charge in [-0.2, -0.15) is 5.10 Å². The minimum absolute atomic E-state index is 0.292. The molecule has 3 N–H and O–H groups in total. The highest BCUT2D eigenvalue weighted by atomic mass is 16.1. The Morgan fingerprint density at radius 3 is 2.65 bits per heavy atom. The lowest BCUT2D eigenvalue weighted by molar-refractivity contribution is 0.102. The summed E-state index contributed by atoms with van der Waals surface area (Å²) in [6.45, 7) is 1.92. The Balaban J connectivity index is 1.87. The highest BCUT2D eigenvalue weighted by Gasteiger charge is 2.11. The van der Waals surface area contributed by atoms with Crippen molar-refractivity contribution in [1.82, 2.24) is 14.8 Å². The summed E-state index contributed by atoms with van der Waals surface area (Å²) in [5.41, 5.74) is 10.3. The Hall–Kier alpha value is -3.15. The van der Waals surface area contributed by atoms with Gasteiger partial charge in [-0.25, -0.2) is 0 Å². The Bertz CT molecular complexity index is 852. The zero-order valence-corrected chi connectivity index (χ0v) is 12.9. The number of benzene rings is 1. The van der Waals surface area contributed by atoms with Crippen LogP contribution in [0.2, 0.25) is 0 Å². The quantitative estimate of drug-likeness (QED) is 0.728. The minimum Gasteiger partial charge on any atom is -0.397 e. The van der Waals surface area contributed by atoms with Gasteiger partial charge in [0, 0.05) is 25.0 Å². The number of pyridine rings is 1. The van der Waals surface area contributed by atoms with E-state index >= 15 is 0 Å². The molecule has 0 radical (unpaired) electrons. The molecule has 3 aromatic rings. The number of hydrogen-bond acceptors (Lipinski definition) is 4. The van der Waals surface area contributed by atoms with Gasteiger partial charge in [0.05, 0.1) is 17.6 Å². The van der Waals surface area contributed by atoms with E-state index in [1.54, 1.807) is 29.2 Å². The second kappa shape index (κ2) is 5.92. The van der Waals surface area contributed by atoms with E-state index in [0.717, 1.165) is 16.7 Å². The number of carbonyl (C=O) groups is 1. The number of rotatable bonds is 3. The van der Waals surface area contributed by atoms with Crippen LogP contribution in [0.4, 0.5) is 11.4 Å². The molecule has 1 amide bonds. The molecule has 0 fully saturated rings. The lowest BCUT2D eigenvalue weighted by Gasteiger charge is -2.09. The molecule has 2 aromatic heterocycles. The van der Waals surface area contributed by atoms with Gasteiger partial charge in [-0.15, -0.1) is 0 Å². The van der Waals surface area contributed by atoms with E-state index in [-0.39, 0.29) is 5.91 Å². The largest absolute Gasteiger partial charge is 0.397 e. The van der Waals surface area contributed by atoms with Crippen molar-refractivity contribution in [2.45, 2.75) is 6.92 Å². The first-order valence-electron chi connectivity index (χ1n) is 7.15. The number of nitrogens with zero attached hydrogens (tertiary/aromatic N) is 3. The fraction of sp³-hybridized carbons (Fsp3) is 0.118. The molecule has 0 saturated heterocycles. The molecule has 0 saturated carbocycles. The SMILES string of the molecule is Cc1ccc(C(=O)Nc2cc(-c3cnn(C)c3)ccc2N)nc1. The zero-order chi connectivity index (χ0) is 16.4. The summed E-state index contributed by atoms with van der Waals surface area (Å²) in [7, 11) is 1.85. The summed E-state index contributed by atoms with van der Waals surface area (Å²) >= 11 is 0. The minimum atomic E-state index is -0.292. The third-order valence-corrected chi connectivity index (χ3v) is 3.48. The lowest BCUT2D eigenvalue weighted by Crippen LogP contribution is -2.14. The van der Waals surface area contributed by atoms with Crippen LogP contribution >= 0.6 is 0 Å². The molecule has 6 heteroatoms. The smallest absolute Gasteiger partial charge is 0.274 e. The van der Waals surface area contributed by atoms with Crippen LogP contribution in [0.25, 0.3) is 11.1 Å². The highest BCUT2D eigenvalue weighted by molar-refractivity contribution is 6.04. The van der Waals surface area contributed by atoms with Crippen molar-refractivity contribution in [3.63, 3.8) is 0 Å². The fourth-order valence-electron chi connectivity index (χ4n) is 2.20. The molecule has 6 nitrogen and oxygen atoms in total. The fourth-order valence-corrected chi connectivity index (χ4v) is 2.20. The third kappa shape index (κ3) is 3.21. The standard InChI is InChI=1S/C17H17N5O/c1-11-3-6-15(19-8-11)17(23)21-16-7-12(4-5-14(16)18)13-9-20-22(2)10-13/h3-10H,18H2,1-2H3,(H,21,23). The summed E-state index contributed by atoms with van der Waals surface area (Å²) in [6.07, 6.45) is 5.32. The second-order valence-corrected chi connectivity index (χ2v) is 5.38. The number of amides is 1. The summed E-state index contributed by atoms with van der Waals surface area (Å²) in [6, 6.07) is 9.02. The summed E-state index contributed by atoms with van der Waals surface area (Å²) in [5, 5.41) is 6.96. The van der Waals surface area contributed by atoms with Gasteiger partial charge in [0.1, 0.15) is 5.69 Å². The van der Waals surface area contributed by atoms with E-state index in [9.17, 15) is 4.79 Å². The van der Waals surface area contributed by atoms with Crippen LogP contribution in [-0.4, -0.2) is 20.7 Å². The maximum Gasteiger partial charge on any atom is 0.274 e. The maximum absolute atomic E-state index is 12.3. The number of hydrogen-bond donors (Lipinski definition) is 2. The number of nitrogen functional groups attached to an aromatic ring is 1. The number of nitrogens with one attached hydrogen (secondary N) is 1. The van der Waals surface area contributed by atoms with Crippen LogP contribution in [0.3, 0.4) is 0 Å². The average molecular weight is 307 g/mol. The number of aromatic nitrogens is 3. The first-order valence-corrected chi connectivity index (χ1v) is 7.15. The van der Waals surface area contributed by atoms with Crippen molar-refractivity contribution in [2.75, 3.05) is 11.1 Å². The highest BCUT2D eigenvalue weighted by Crippen LogP contribution is 2.27. The molecule has 0 unspecified atom stereocenters. The van der Waals surface area contributed by atoms with Gasteiger partial charge in [0.2, 0.25) is 0 Å². The molecule has 0 aliphatic carbocycles. The number of nitrogens with two attached hydrogens (primary N) is 1. The van der Waals surface area contributed by atoms with Gasteiger partial charge in [-0.3, -0.25) is 14.5 Å². The van der Waals surface area contributed by atoms with E-state index in [4.69, 9.17) is 5.73 Å². The van der Waals surface area contributed by atoms with E-state index in [1.165, 1.54) is 0 Å². The Labute approximate surface area is 134 Å². The number of anilines is 2. The van der Waals surface area contributed by atoms with Gasteiger partial charge in [-0.05, 0) is 36.2 Å².